The number of anilines is 1. The fourth-order valence-electron chi connectivity index (χ4n) is 3.10. The van der Waals surface area contributed by atoms with E-state index >= 15 is 0 Å². The van der Waals surface area contributed by atoms with Crippen molar-refractivity contribution in [2.45, 2.75) is 31.7 Å². The number of likely N-dealkylation sites (tertiary alicyclic amines) is 1. The van der Waals surface area contributed by atoms with E-state index in [2.05, 4.69) is 9.88 Å². The number of pyridine rings is 1. The van der Waals surface area contributed by atoms with Crippen LogP contribution in [0.25, 0.3) is 0 Å². The number of nitrogens with zero attached hydrogens (tertiary/aromatic N) is 3. The van der Waals surface area contributed by atoms with Crippen molar-refractivity contribution < 1.29 is 9.90 Å². The van der Waals surface area contributed by atoms with Crippen LogP contribution in [-0.4, -0.2) is 53.2 Å². The second-order valence-corrected chi connectivity index (χ2v) is 5.58. The summed E-state index contributed by atoms with van der Waals surface area (Å²) in [4.78, 5) is 20.9. The Morgan fingerprint density at radius 2 is 2.05 bits per heavy atom. The van der Waals surface area contributed by atoms with Crippen LogP contribution < -0.4 is 4.90 Å². The fourth-order valence-corrected chi connectivity index (χ4v) is 3.10. The van der Waals surface area contributed by atoms with Gasteiger partial charge in [-0.15, -0.1) is 0 Å². The number of rotatable bonds is 3. The smallest absolute Gasteiger partial charge is 0.255 e. The van der Waals surface area contributed by atoms with Crippen LogP contribution >= 0.6 is 0 Å². The molecule has 1 aromatic rings. The van der Waals surface area contributed by atoms with Crippen molar-refractivity contribution in [3.05, 3.63) is 23.9 Å². The summed E-state index contributed by atoms with van der Waals surface area (Å²) in [6, 6.07) is 3.76. The van der Waals surface area contributed by atoms with Gasteiger partial charge in [-0.05, 0) is 37.8 Å². The Bertz CT molecular complexity index is 469. The lowest BCUT2D eigenvalue weighted by atomic mass is 10.2. The summed E-state index contributed by atoms with van der Waals surface area (Å²) in [6.07, 6.45) is 5.96. The molecule has 5 nitrogen and oxygen atoms in total. The SMILES string of the molecule is O=C(c1ccc(N2CCCC2)nc1)N1CCC[C@H]1CO. The number of aliphatic hydroxyl groups excluding tert-OH is 1. The molecule has 0 aromatic carbocycles. The molecule has 0 bridgehead atoms. The van der Waals surface area contributed by atoms with E-state index in [9.17, 15) is 9.90 Å². The Kier molecular flexibility index (Phi) is 3.87. The Balaban J connectivity index is 1.72. The predicted octanol–water partition coefficient (Wildman–Crippen LogP) is 1.28. The highest BCUT2D eigenvalue weighted by Gasteiger charge is 2.29. The zero-order chi connectivity index (χ0) is 13.9. The third-order valence-electron chi connectivity index (χ3n) is 4.27. The highest BCUT2D eigenvalue weighted by Crippen LogP contribution is 2.21. The van der Waals surface area contributed by atoms with Crippen LogP contribution in [0.2, 0.25) is 0 Å². The first-order valence-electron chi connectivity index (χ1n) is 7.42. The molecule has 5 heteroatoms. The van der Waals surface area contributed by atoms with Gasteiger partial charge in [-0.25, -0.2) is 4.98 Å². The normalized spacial score (nSPS) is 22.6. The maximum atomic E-state index is 12.4. The van der Waals surface area contributed by atoms with Gasteiger partial charge in [0.1, 0.15) is 5.82 Å². The molecular weight excluding hydrogens is 254 g/mol. The summed E-state index contributed by atoms with van der Waals surface area (Å²) in [5, 5.41) is 9.30. The molecule has 1 atom stereocenters. The van der Waals surface area contributed by atoms with E-state index in [1.165, 1.54) is 12.8 Å². The fraction of sp³-hybridized carbons (Fsp3) is 0.600. The van der Waals surface area contributed by atoms with E-state index < -0.39 is 0 Å². The van der Waals surface area contributed by atoms with Gasteiger partial charge in [-0.2, -0.15) is 0 Å². The van der Waals surface area contributed by atoms with Gasteiger partial charge in [0.05, 0.1) is 18.2 Å². The minimum absolute atomic E-state index is 0.0120. The summed E-state index contributed by atoms with van der Waals surface area (Å²) in [6.45, 7) is 2.89. The maximum absolute atomic E-state index is 12.4. The molecule has 2 saturated heterocycles. The molecule has 2 aliphatic rings. The van der Waals surface area contributed by atoms with E-state index in [-0.39, 0.29) is 18.6 Å². The molecule has 0 unspecified atom stereocenters. The lowest BCUT2D eigenvalue weighted by Crippen LogP contribution is -2.37. The molecule has 0 aliphatic carbocycles. The van der Waals surface area contributed by atoms with E-state index in [1.54, 1.807) is 11.1 Å². The number of carbonyl (C=O) groups excluding carboxylic acids is 1. The van der Waals surface area contributed by atoms with Gasteiger partial charge in [0.15, 0.2) is 0 Å². The van der Waals surface area contributed by atoms with Crippen LogP contribution in [0.3, 0.4) is 0 Å². The van der Waals surface area contributed by atoms with Gasteiger partial charge in [0.25, 0.3) is 5.91 Å². The zero-order valence-corrected chi connectivity index (χ0v) is 11.7. The molecule has 1 N–H and O–H groups in total. The number of aliphatic hydroxyl groups is 1. The molecule has 3 rings (SSSR count). The molecule has 2 fully saturated rings. The van der Waals surface area contributed by atoms with Crippen LogP contribution in [0.1, 0.15) is 36.0 Å². The Labute approximate surface area is 119 Å². The van der Waals surface area contributed by atoms with Gasteiger partial charge in [0.2, 0.25) is 0 Å². The Morgan fingerprint density at radius 1 is 1.25 bits per heavy atom. The van der Waals surface area contributed by atoms with Gasteiger partial charge < -0.3 is 14.9 Å². The first-order valence-corrected chi connectivity index (χ1v) is 7.42. The minimum Gasteiger partial charge on any atom is -0.394 e. The molecule has 1 aromatic heterocycles. The van der Waals surface area contributed by atoms with E-state index in [0.717, 1.165) is 38.3 Å². The van der Waals surface area contributed by atoms with Crippen molar-refractivity contribution in [3.8, 4) is 0 Å². The van der Waals surface area contributed by atoms with E-state index in [1.807, 2.05) is 12.1 Å². The third-order valence-corrected chi connectivity index (χ3v) is 4.27. The summed E-state index contributed by atoms with van der Waals surface area (Å²) < 4.78 is 0. The molecule has 3 heterocycles. The van der Waals surface area contributed by atoms with Crippen LogP contribution in [0.5, 0.6) is 0 Å². The minimum atomic E-state index is -0.0271. The summed E-state index contributed by atoms with van der Waals surface area (Å²) in [7, 11) is 0. The number of hydrogen-bond donors (Lipinski definition) is 1. The first-order chi connectivity index (χ1) is 9.79. The van der Waals surface area contributed by atoms with Crippen LogP contribution in [-0.2, 0) is 0 Å². The Morgan fingerprint density at radius 3 is 2.70 bits per heavy atom. The van der Waals surface area contributed by atoms with Crippen molar-refractivity contribution >= 4 is 11.7 Å². The van der Waals surface area contributed by atoms with Crippen molar-refractivity contribution in [1.82, 2.24) is 9.88 Å². The Hall–Kier alpha value is -1.62. The standard InChI is InChI=1S/C15H21N3O2/c19-11-13-4-3-9-18(13)15(20)12-5-6-14(16-10-12)17-7-1-2-8-17/h5-6,10,13,19H,1-4,7-9,11H2/t13-/m0/s1. The van der Waals surface area contributed by atoms with E-state index in [0.29, 0.717) is 5.56 Å². The average molecular weight is 275 g/mol. The quantitative estimate of drug-likeness (QED) is 0.903. The molecule has 108 valence electrons. The number of hydrogen-bond acceptors (Lipinski definition) is 4. The molecule has 0 saturated carbocycles. The second kappa shape index (κ2) is 5.79. The average Bonchev–Trinajstić information content (AvgIpc) is 3.17. The van der Waals surface area contributed by atoms with Crippen molar-refractivity contribution in [3.63, 3.8) is 0 Å². The second-order valence-electron chi connectivity index (χ2n) is 5.58. The number of amides is 1. The van der Waals surface area contributed by atoms with Gasteiger partial charge in [0, 0.05) is 25.8 Å². The molecule has 0 radical (unpaired) electrons. The van der Waals surface area contributed by atoms with Gasteiger partial charge in [-0.3, -0.25) is 4.79 Å². The van der Waals surface area contributed by atoms with Crippen LogP contribution in [0.4, 0.5) is 5.82 Å². The van der Waals surface area contributed by atoms with Gasteiger partial charge >= 0.3 is 0 Å². The largest absolute Gasteiger partial charge is 0.394 e. The first kappa shape index (κ1) is 13.4. The number of carbonyl (C=O) groups is 1. The predicted molar refractivity (Wildman–Crippen MR) is 76.8 cm³/mol. The topological polar surface area (TPSA) is 56.7 Å². The molecule has 20 heavy (non-hydrogen) atoms. The lowest BCUT2D eigenvalue weighted by molar-refractivity contribution is 0.0677. The maximum Gasteiger partial charge on any atom is 0.255 e. The van der Waals surface area contributed by atoms with Gasteiger partial charge in [-0.1, -0.05) is 0 Å². The summed E-state index contributed by atoms with van der Waals surface area (Å²) in [5.41, 5.74) is 0.619. The highest BCUT2D eigenvalue weighted by atomic mass is 16.3. The van der Waals surface area contributed by atoms with Crippen LogP contribution in [0, 0.1) is 0 Å². The lowest BCUT2D eigenvalue weighted by Gasteiger charge is -2.23. The molecule has 2 aliphatic heterocycles. The summed E-state index contributed by atoms with van der Waals surface area (Å²) >= 11 is 0. The molecule has 0 spiro atoms. The van der Waals surface area contributed by atoms with Crippen molar-refractivity contribution in [2.75, 3.05) is 31.1 Å². The number of aromatic nitrogens is 1. The zero-order valence-electron chi connectivity index (χ0n) is 11.7. The van der Waals surface area contributed by atoms with E-state index in [4.69, 9.17) is 0 Å². The third kappa shape index (κ3) is 2.50. The van der Waals surface area contributed by atoms with Crippen LogP contribution in [0.15, 0.2) is 18.3 Å². The molecular formula is C15H21N3O2. The molecule has 1 amide bonds. The monoisotopic (exact) mass is 275 g/mol. The summed E-state index contributed by atoms with van der Waals surface area (Å²) in [5.74, 6) is 0.946. The van der Waals surface area contributed by atoms with Crippen molar-refractivity contribution in [1.29, 1.82) is 0 Å². The van der Waals surface area contributed by atoms with Crippen molar-refractivity contribution in [2.24, 2.45) is 0 Å². The highest BCUT2D eigenvalue weighted by molar-refractivity contribution is 5.94.